The smallest absolute Gasteiger partial charge is 0.282 e. The Kier molecular flexibility index (Phi) is 5.76. The van der Waals surface area contributed by atoms with Crippen molar-refractivity contribution in [3.63, 3.8) is 0 Å². The molecule has 1 aliphatic heterocycles. The molecule has 1 aliphatic rings. The number of rotatable bonds is 5. The molecule has 5 nitrogen and oxygen atoms in total. The van der Waals surface area contributed by atoms with Gasteiger partial charge in [-0.25, -0.2) is 4.90 Å². The van der Waals surface area contributed by atoms with E-state index in [1.54, 1.807) is 37.4 Å². The van der Waals surface area contributed by atoms with Crippen LogP contribution in [0.5, 0.6) is 5.75 Å². The number of nitrogens with one attached hydrogen (secondary N) is 1. The molecular weight excluding hydrogens is 424 g/mol. The van der Waals surface area contributed by atoms with E-state index in [0.29, 0.717) is 27.7 Å². The van der Waals surface area contributed by atoms with Crippen molar-refractivity contribution < 1.29 is 14.3 Å². The Morgan fingerprint density at radius 1 is 0.875 bits per heavy atom. The number of benzene rings is 3. The minimum Gasteiger partial charge on any atom is -0.496 e. The first-order chi connectivity index (χ1) is 15.3. The minimum atomic E-state index is -0.418. The number of hydrogen-bond donors (Lipinski definition) is 1. The lowest BCUT2D eigenvalue weighted by molar-refractivity contribution is -0.120. The van der Waals surface area contributed by atoms with Crippen LogP contribution in [0.3, 0.4) is 0 Å². The fraction of sp³-hybridized carbons (Fsp3) is 0.154. The fourth-order valence-electron chi connectivity index (χ4n) is 3.83. The molecule has 0 saturated carbocycles. The highest BCUT2D eigenvalue weighted by Gasteiger charge is 2.41. The van der Waals surface area contributed by atoms with Crippen molar-refractivity contribution in [2.24, 2.45) is 0 Å². The van der Waals surface area contributed by atoms with Gasteiger partial charge in [-0.15, -0.1) is 0 Å². The third kappa shape index (κ3) is 3.76. The number of carbonyl (C=O) groups is 2. The van der Waals surface area contributed by atoms with E-state index in [-0.39, 0.29) is 11.3 Å². The molecule has 162 valence electrons. The van der Waals surface area contributed by atoms with Crippen molar-refractivity contribution in [3.8, 4) is 5.75 Å². The summed E-state index contributed by atoms with van der Waals surface area (Å²) in [6.07, 6.45) is 0. The first-order valence-corrected chi connectivity index (χ1v) is 10.6. The second-order valence-corrected chi connectivity index (χ2v) is 8.21. The molecule has 32 heavy (non-hydrogen) atoms. The molecule has 0 atom stereocenters. The average Bonchev–Trinajstić information content (AvgIpc) is 3.01. The topological polar surface area (TPSA) is 58.6 Å². The standard InChI is InChI=1S/C26H23ClN2O3/c1-15-9-10-16(2)21(13-15)29-25(30)23(19-7-5-6-8-22(19)32-4)24(26(29)31)28-20-12-11-18(27)14-17(20)3/h5-14,28H,1-4H3. The summed E-state index contributed by atoms with van der Waals surface area (Å²) in [5.74, 6) is -0.306. The van der Waals surface area contributed by atoms with Gasteiger partial charge in [0.15, 0.2) is 0 Å². The molecule has 0 spiro atoms. The van der Waals surface area contributed by atoms with E-state index in [1.807, 2.05) is 51.1 Å². The summed E-state index contributed by atoms with van der Waals surface area (Å²) in [6, 6.07) is 18.2. The van der Waals surface area contributed by atoms with Crippen LogP contribution in [0.4, 0.5) is 11.4 Å². The molecule has 1 heterocycles. The van der Waals surface area contributed by atoms with Crippen molar-refractivity contribution in [3.05, 3.63) is 93.6 Å². The molecule has 2 amide bonds. The zero-order valence-electron chi connectivity index (χ0n) is 18.3. The molecule has 3 aromatic carbocycles. The molecule has 0 fully saturated rings. The van der Waals surface area contributed by atoms with Crippen LogP contribution in [0.25, 0.3) is 5.57 Å². The summed E-state index contributed by atoms with van der Waals surface area (Å²) in [7, 11) is 1.54. The first kappa shape index (κ1) is 21.7. The molecule has 1 N–H and O–H groups in total. The molecule has 0 saturated heterocycles. The van der Waals surface area contributed by atoms with Gasteiger partial charge in [0.25, 0.3) is 11.8 Å². The van der Waals surface area contributed by atoms with Crippen molar-refractivity contribution >= 4 is 40.4 Å². The second kappa shape index (κ2) is 8.52. The normalized spacial score (nSPS) is 13.7. The summed E-state index contributed by atoms with van der Waals surface area (Å²) < 4.78 is 5.50. The van der Waals surface area contributed by atoms with E-state index >= 15 is 0 Å². The maximum absolute atomic E-state index is 13.7. The van der Waals surface area contributed by atoms with Gasteiger partial charge in [-0.2, -0.15) is 0 Å². The van der Waals surface area contributed by atoms with E-state index in [1.165, 1.54) is 4.90 Å². The number of methoxy groups -OCH3 is 1. The van der Waals surface area contributed by atoms with Crippen molar-refractivity contribution in [1.82, 2.24) is 0 Å². The van der Waals surface area contributed by atoms with Crippen LogP contribution < -0.4 is 15.0 Å². The second-order valence-electron chi connectivity index (χ2n) is 7.77. The monoisotopic (exact) mass is 446 g/mol. The third-order valence-electron chi connectivity index (χ3n) is 5.51. The Hall–Kier alpha value is -3.57. The maximum Gasteiger partial charge on any atom is 0.282 e. The van der Waals surface area contributed by atoms with Crippen molar-refractivity contribution in [2.75, 3.05) is 17.3 Å². The van der Waals surface area contributed by atoms with Crippen LogP contribution >= 0.6 is 11.6 Å². The Morgan fingerprint density at radius 3 is 2.34 bits per heavy atom. The lowest BCUT2D eigenvalue weighted by atomic mass is 10.0. The van der Waals surface area contributed by atoms with Crippen LogP contribution in [-0.4, -0.2) is 18.9 Å². The van der Waals surface area contributed by atoms with Crippen LogP contribution in [-0.2, 0) is 9.59 Å². The molecule has 0 unspecified atom stereocenters. The molecule has 6 heteroatoms. The lowest BCUT2D eigenvalue weighted by Crippen LogP contribution is -2.33. The van der Waals surface area contributed by atoms with Crippen LogP contribution in [0.2, 0.25) is 5.02 Å². The Bertz CT molecular complexity index is 1280. The average molecular weight is 447 g/mol. The molecule has 0 radical (unpaired) electrons. The number of ether oxygens (including phenoxy) is 1. The van der Waals surface area contributed by atoms with E-state index in [2.05, 4.69) is 5.32 Å². The van der Waals surface area contributed by atoms with Crippen LogP contribution in [0.15, 0.2) is 66.4 Å². The predicted molar refractivity (Wildman–Crippen MR) is 128 cm³/mol. The number of para-hydroxylation sites is 1. The first-order valence-electron chi connectivity index (χ1n) is 10.2. The molecule has 4 rings (SSSR count). The highest BCUT2D eigenvalue weighted by molar-refractivity contribution is 6.46. The molecular formula is C26H23ClN2O3. The van der Waals surface area contributed by atoms with Gasteiger partial charge in [-0.05, 0) is 67.8 Å². The van der Waals surface area contributed by atoms with E-state index in [9.17, 15) is 9.59 Å². The van der Waals surface area contributed by atoms with Gasteiger partial charge in [-0.3, -0.25) is 9.59 Å². The molecule has 0 aromatic heterocycles. The van der Waals surface area contributed by atoms with Gasteiger partial charge >= 0.3 is 0 Å². The van der Waals surface area contributed by atoms with E-state index in [4.69, 9.17) is 16.3 Å². The molecule has 3 aromatic rings. The van der Waals surface area contributed by atoms with Gasteiger partial charge in [-0.1, -0.05) is 41.9 Å². The number of halogens is 1. The molecule has 0 aliphatic carbocycles. The van der Waals surface area contributed by atoms with Crippen molar-refractivity contribution in [2.45, 2.75) is 20.8 Å². The minimum absolute atomic E-state index is 0.200. The SMILES string of the molecule is COc1ccccc1C1=C(Nc2ccc(Cl)cc2C)C(=O)N(c2cc(C)ccc2C)C1=O. The number of aryl methyl sites for hydroxylation is 3. The molecule has 0 bridgehead atoms. The predicted octanol–water partition coefficient (Wildman–Crippen LogP) is 5.67. The lowest BCUT2D eigenvalue weighted by Gasteiger charge is -2.19. The number of anilines is 2. The number of carbonyl (C=O) groups excluding carboxylic acids is 2. The third-order valence-corrected chi connectivity index (χ3v) is 5.75. The summed E-state index contributed by atoms with van der Waals surface area (Å²) in [4.78, 5) is 28.6. The number of amides is 2. The van der Waals surface area contributed by atoms with E-state index in [0.717, 1.165) is 16.7 Å². The van der Waals surface area contributed by atoms with Crippen molar-refractivity contribution in [1.29, 1.82) is 0 Å². The Morgan fingerprint density at radius 2 is 1.62 bits per heavy atom. The van der Waals surface area contributed by atoms with E-state index < -0.39 is 11.8 Å². The highest BCUT2D eigenvalue weighted by atomic mass is 35.5. The van der Waals surface area contributed by atoms with Gasteiger partial charge in [0.05, 0.1) is 18.4 Å². The summed E-state index contributed by atoms with van der Waals surface area (Å²) in [5.41, 5.74) is 4.93. The van der Waals surface area contributed by atoms with Crippen LogP contribution in [0, 0.1) is 20.8 Å². The Labute approximate surface area is 192 Å². The fourth-order valence-corrected chi connectivity index (χ4v) is 4.05. The summed E-state index contributed by atoms with van der Waals surface area (Å²) in [5, 5.41) is 3.80. The Balaban J connectivity index is 1.91. The quantitative estimate of drug-likeness (QED) is 0.513. The van der Waals surface area contributed by atoms with Gasteiger partial charge in [0.2, 0.25) is 0 Å². The van der Waals surface area contributed by atoms with Crippen LogP contribution in [0.1, 0.15) is 22.3 Å². The highest BCUT2D eigenvalue weighted by Crippen LogP contribution is 2.38. The summed E-state index contributed by atoms with van der Waals surface area (Å²) in [6.45, 7) is 5.70. The summed E-state index contributed by atoms with van der Waals surface area (Å²) >= 11 is 6.10. The number of imide groups is 1. The van der Waals surface area contributed by atoms with Gasteiger partial charge in [0, 0.05) is 16.3 Å². The number of hydrogen-bond acceptors (Lipinski definition) is 4. The largest absolute Gasteiger partial charge is 0.496 e. The zero-order valence-corrected chi connectivity index (χ0v) is 19.1. The van der Waals surface area contributed by atoms with Gasteiger partial charge < -0.3 is 10.1 Å². The van der Waals surface area contributed by atoms with Gasteiger partial charge in [0.1, 0.15) is 11.4 Å². The maximum atomic E-state index is 13.7. The number of nitrogens with zero attached hydrogens (tertiary/aromatic N) is 1. The zero-order chi connectivity index (χ0) is 23.0.